The second-order valence-corrected chi connectivity index (χ2v) is 6.63. The van der Waals surface area contributed by atoms with Gasteiger partial charge < -0.3 is 20.3 Å². The fourth-order valence-corrected chi connectivity index (χ4v) is 3.65. The largest absolute Gasteiger partial charge is 0.492 e. The molecule has 0 bridgehead atoms. The molecule has 0 aliphatic carbocycles. The third-order valence-corrected chi connectivity index (χ3v) is 5.04. The number of nitrogens with zero attached hydrogens (tertiary/aromatic N) is 2. The van der Waals surface area contributed by atoms with Crippen molar-refractivity contribution in [1.29, 1.82) is 0 Å². The normalized spacial score (nSPS) is 23.3. The van der Waals surface area contributed by atoms with E-state index in [1.165, 1.54) is 0 Å². The smallest absolute Gasteiger partial charge is 0.227 e. The van der Waals surface area contributed by atoms with Crippen molar-refractivity contribution in [1.82, 2.24) is 9.80 Å². The van der Waals surface area contributed by atoms with Gasteiger partial charge in [0.25, 0.3) is 0 Å². The van der Waals surface area contributed by atoms with Gasteiger partial charge in [0.2, 0.25) is 11.8 Å². The Hall–Kier alpha value is -2.08. The van der Waals surface area contributed by atoms with Crippen LogP contribution in [0.5, 0.6) is 5.75 Å². The maximum atomic E-state index is 12.6. The van der Waals surface area contributed by atoms with Gasteiger partial charge in [-0.25, -0.2) is 0 Å². The van der Waals surface area contributed by atoms with E-state index in [1.807, 2.05) is 41.1 Å². The summed E-state index contributed by atoms with van der Waals surface area (Å²) in [6.07, 6.45) is 1.89. The number of fused-ring (bicyclic) bond motifs is 1. The highest BCUT2D eigenvalue weighted by Crippen LogP contribution is 2.31. The minimum Gasteiger partial charge on any atom is -0.492 e. The highest BCUT2D eigenvalue weighted by molar-refractivity contribution is 5.81. The number of likely N-dealkylation sites (tertiary alicyclic amines) is 2. The van der Waals surface area contributed by atoms with E-state index in [2.05, 4.69) is 0 Å². The molecule has 2 amide bonds. The number of likely N-dealkylation sites (N-methyl/N-ethyl adjacent to an activating group) is 1. The van der Waals surface area contributed by atoms with Crippen LogP contribution in [0.3, 0.4) is 0 Å². The topological polar surface area (TPSA) is 75.9 Å². The number of hydrogen-bond acceptors (Lipinski definition) is 4. The maximum absolute atomic E-state index is 12.6. The van der Waals surface area contributed by atoms with Crippen molar-refractivity contribution in [2.24, 2.45) is 11.7 Å². The first-order chi connectivity index (χ1) is 11.6. The summed E-state index contributed by atoms with van der Waals surface area (Å²) in [4.78, 5) is 28.2. The van der Waals surface area contributed by atoms with E-state index in [1.54, 1.807) is 0 Å². The zero-order valence-electron chi connectivity index (χ0n) is 14.1. The summed E-state index contributed by atoms with van der Waals surface area (Å²) in [5, 5.41) is 0. The molecular formula is C18H25N3O3. The Bertz CT molecular complexity index is 619. The molecule has 2 aliphatic heterocycles. The summed E-state index contributed by atoms with van der Waals surface area (Å²) in [6, 6.07) is 7.77. The van der Waals surface area contributed by atoms with Crippen LogP contribution in [-0.2, 0) is 16.0 Å². The van der Waals surface area contributed by atoms with E-state index in [4.69, 9.17) is 10.5 Å². The van der Waals surface area contributed by atoms with E-state index in [-0.39, 0.29) is 17.9 Å². The van der Waals surface area contributed by atoms with Gasteiger partial charge in [0.15, 0.2) is 0 Å². The summed E-state index contributed by atoms with van der Waals surface area (Å²) >= 11 is 0. The number of carbonyl (C=O) groups excluding carboxylic acids is 2. The Labute approximate surface area is 142 Å². The van der Waals surface area contributed by atoms with Gasteiger partial charge in [-0.2, -0.15) is 0 Å². The lowest BCUT2D eigenvalue weighted by Crippen LogP contribution is -2.49. The van der Waals surface area contributed by atoms with E-state index in [0.717, 1.165) is 24.3 Å². The molecule has 0 aromatic heterocycles. The maximum Gasteiger partial charge on any atom is 0.227 e. The van der Waals surface area contributed by atoms with Crippen molar-refractivity contribution in [3.05, 3.63) is 29.8 Å². The number of piperidine rings is 1. The molecule has 3 rings (SSSR count). The first kappa shape index (κ1) is 16.8. The van der Waals surface area contributed by atoms with Gasteiger partial charge in [0.1, 0.15) is 12.4 Å². The van der Waals surface area contributed by atoms with Crippen molar-refractivity contribution in [2.75, 3.05) is 33.3 Å². The second kappa shape index (κ2) is 7.21. The monoisotopic (exact) mass is 331 g/mol. The summed E-state index contributed by atoms with van der Waals surface area (Å²) in [7, 11) is 1.85. The van der Waals surface area contributed by atoms with Crippen LogP contribution in [0.15, 0.2) is 24.3 Å². The van der Waals surface area contributed by atoms with E-state index < -0.39 is 0 Å². The molecule has 2 saturated heterocycles. The molecule has 2 heterocycles. The van der Waals surface area contributed by atoms with Gasteiger partial charge in [-0.1, -0.05) is 12.1 Å². The van der Waals surface area contributed by atoms with Gasteiger partial charge in [0.05, 0.1) is 12.5 Å². The number of benzene rings is 1. The average Bonchev–Trinajstić information content (AvgIpc) is 2.87. The number of amides is 2. The molecule has 2 aliphatic rings. The van der Waals surface area contributed by atoms with Crippen LogP contribution in [0.1, 0.15) is 18.4 Å². The highest BCUT2D eigenvalue weighted by atomic mass is 16.5. The molecule has 6 nitrogen and oxygen atoms in total. The number of hydrogen-bond donors (Lipinski definition) is 1. The van der Waals surface area contributed by atoms with Crippen LogP contribution >= 0.6 is 0 Å². The van der Waals surface area contributed by atoms with Gasteiger partial charge in [-0.3, -0.25) is 9.59 Å². The average molecular weight is 331 g/mol. The van der Waals surface area contributed by atoms with Crippen molar-refractivity contribution in [3.8, 4) is 5.75 Å². The number of ether oxygens (including phenoxy) is 1. The molecule has 0 spiro atoms. The molecule has 0 unspecified atom stereocenters. The standard InChI is InChI=1S/C18H25N3O3/c1-20-16-12-21(7-5-14(16)11-17(20)22)18(23)10-13-3-2-4-15(9-13)24-8-6-19/h2-4,9,14,16H,5-8,10-12,19H2,1H3/t14-,16-/m1/s1. The van der Waals surface area contributed by atoms with Crippen LogP contribution in [0, 0.1) is 5.92 Å². The lowest BCUT2D eigenvalue weighted by Gasteiger charge is -2.37. The predicted molar refractivity (Wildman–Crippen MR) is 90.6 cm³/mol. The fourth-order valence-electron chi connectivity index (χ4n) is 3.65. The Balaban J connectivity index is 1.60. The molecule has 2 fully saturated rings. The van der Waals surface area contributed by atoms with Crippen LogP contribution in [0.2, 0.25) is 0 Å². The molecule has 6 heteroatoms. The van der Waals surface area contributed by atoms with E-state index >= 15 is 0 Å². The van der Waals surface area contributed by atoms with E-state index in [9.17, 15) is 9.59 Å². The molecular weight excluding hydrogens is 306 g/mol. The minimum atomic E-state index is 0.108. The molecule has 1 aromatic carbocycles. The van der Waals surface area contributed by atoms with Crippen LogP contribution < -0.4 is 10.5 Å². The summed E-state index contributed by atoms with van der Waals surface area (Å²) in [5.41, 5.74) is 6.38. The van der Waals surface area contributed by atoms with Crippen molar-refractivity contribution in [2.45, 2.75) is 25.3 Å². The SMILES string of the molecule is CN1C(=O)C[C@H]2CCN(C(=O)Cc3cccc(OCCN)c3)C[C@H]21. The van der Waals surface area contributed by atoms with Crippen molar-refractivity contribution < 1.29 is 14.3 Å². The van der Waals surface area contributed by atoms with Gasteiger partial charge in [-0.05, 0) is 30.0 Å². The molecule has 0 radical (unpaired) electrons. The third kappa shape index (κ3) is 3.53. The summed E-state index contributed by atoms with van der Waals surface area (Å²) in [6.45, 7) is 2.32. The fraction of sp³-hybridized carbons (Fsp3) is 0.556. The zero-order chi connectivity index (χ0) is 17.1. The Morgan fingerprint density at radius 2 is 2.25 bits per heavy atom. The van der Waals surface area contributed by atoms with E-state index in [0.29, 0.717) is 38.5 Å². The number of nitrogens with two attached hydrogens (primary N) is 1. The lowest BCUT2D eigenvalue weighted by atomic mass is 9.92. The summed E-state index contributed by atoms with van der Waals surface area (Å²) < 4.78 is 5.51. The van der Waals surface area contributed by atoms with Crippen molar-refractivity contribution in [3.63, 3.8) is 0 Å². The predicted octanol–water partition coefficient (Wildman–Crippen LogP) is 0.646. The van der Waals surface area contributed by atoms with Gasteiger partial charge >= 0.3 is 0 Å². The molecule has 1 aromatic rings. The zero-order valence-corrected chi connectivity index (χ0v) is 14.1. The molecule has 130 valence electrons. The highest BCUT2D eigenvalue weighted by Gasteiger charge is 2.41. The third-order valence-electron chi connectivity index (χ3n) is 5.04. The van der Waals surface area contributed by atoms with Crippen LogP contribution in [0.25, 0.3) is 0 Å². The molecule has 0 saturated carbocycles. The van der Waals surface area contributed by atoms with Gasteiger partial charge in [0, 0.05) is 33.1 Å². The number of carbonyl (C=O) groups is 2. The first-order valence-corrected chi connectivity index (χ1v) is 8.53. The quantitative estimate of drug-likeness (QED) is 0.859. The Morgan fingerprint density at radius 3 is 3.04 bits per heavy atom. The number of rotatable bonds is 5. The van der Waals surface area contributed by atoms with Crippen molar-refractivity contribution >= 4 is 11.8 Å². The Morgan fingerprint density at radius 1 is 1.42 bits per heavy atom. The Kier molecular flexibility index (Phi) is 5.04. The van der Waals surface area contributed by atoms with Gasteiger partial charge in [-0.15, -0.1) is 0 Å². The first-order valence-electron chi connectivity index (χ1n) is 8.53. The molecule has 2 atom stereocenters. The van der Waals surface area contributed by atoms with Crippen LogP contribution in [-0.4, -0.2) is 60.9 Å². The molecule has 2 N–H and O–H groups in total. The molecule has 24 heavy (non-hydrogen) atoms. The second-order valence-electron chi connectivity index (χ2n) is 6.63. The minimum absolute atomic E-state index is 0.108. The summed E-state index contributed by atoms with van der Waals surface area (Å²) in [5.74, 6) is 1.45. The van der Waals surface area contributed by atoms with Crippen LogP contribution in [0.4, 0.5) is 0 Å². The lowest BCUT2D eigenvalue weighted by molar-refractivity contribution is -0.134.